The van der Waals surface area contributed by atoms with Crippen molar-refractivity contribution in [1.29, 1.82) is 0 Å². The number of rotatable bonds is 10. The molecule has 0 bridgehead atoms. The van der Waals surface area contributed by atoms with E-state index in [1.165, 1.54) is 18.6 Å². The molecule has 1 aliphatic heterocycles. The molecule has 2 rings (SSSR count). The van der Waals surface area contributed by atoms with Crippen molar-refractivity contribution in [3.8, 4) is 0 Å². The van der Waals surface area contributed by atoms with Gasteiger partial charge >= 0.3 is 0 Å². The lowest BCUT2D eigenvalue weighted by molar-refractivity contribution is -0.126. The van der Waals surface area contributed by atoms with Crippen LogP contribution in [-0.2, 0) is 14.8 Å². The molecule has 162 valence electrons. The van der Waals surface area contributed by atoms with Gasteiger partial charge in [-0.15, -0.1) is 0 Å². The zero-order valence-electron chi connectivity index (χ0n) is 17.4. The summed E-state index contributed by atoms with van der Waals surface area (Å²) in [5.74, 6) is -0.450. The Balaban J connectivity index is 1.98. The summed E-state index contributed by atoms with van der Waals surface area (Å²) in [6.07, 6.45) is 5.93. The Labute approximate surface area is 174 Å². The Morgan fingerprint density at radius 1 is 1.17 bits per heavy atom. The fourth-order valence-corrected chi connectivity index (χ4v) is 4.62. The molecule has 1 aliphatic rings. The maximum atomic E-state index is 12.9. The SMILES string of the molecule is CCCCCCNC(=O)C1CCCN(C(=O)c2cccc(S(=O)(=O)NCC)c2)C1. The monoisotopic (exact) mass is 423 g/mol. The van der Waals surface area contributed by atoms with E-state index in [-0.39, 0.29) is 29.2 Å². The molecule has 29 heavy (non-hydrogen) atoms. The molecule has 1 aromatic rings. The number of sulfonamides is 1. The summed E-state index contributed by atoms with van der Waals surface area (Å²) in [6.45, 7) is 5.75. The highest BCUT2D eigenvalue weighted by atomic mass is 32.2. The fraction of sp³-hybridized carbons (Fsp3) is 0.619. The van der Waals surface area contributed by atoms with Crippen molar-refractivity contribution in [2.24, 2.45) is 5.92 Å². The van der Waals surface area contributed by atoms with Crippen LogP contribution in [0.15, 0.2) is 29.2 Å². The number of amides is 2. The molecule has 1 unspecified atom stereocenters. The van der Waals surface area contributed by atoms with Crippen LogP contribution in [0.4, 0.5) is 0 Å². The number of unbranched alkanes of at least 4 members (excludes halogenated alkanes) is 3. The predicted octanol–water partition coefficient (Wildman–Crippen LogP) is 2.53. The molecular formula is C21H33N3O4S. The van der Waals surface area contributed by atoms with Crippen molar-refractivity contribution < 1.29 is 18.0 Å². The molecule has 0 saturated carbocycles. The van der Waals surface area contributed by atoms with Crippen molar-refractivity contribution in [2.75, 3.05) is 26.2 Å². The fourth-order valence-electron chi connectivity index (χ4n) is 3.54. The van der Waals surface area contributed by atoms with Crippen molar-refractivity contribution in [3.05, 3.63) is 29.8 Å². The molecule has 1 fully saturated rings. The van der Waals surface area contributed by atoms with Gasteiger partial charge in [-0.2, -0.15) is 0 Å². The van der Waals surface area contributed by atoms with Gasteiger partial charge in [-0.25, -0.2) is 13.1 Å². The van der Waals surface area contributed by atoms with Gasteiger partial charge in [0.25, 0.3) is 5.91 Å². The lowest BCUT2D eigenvalue weighted by Gasteiger charge is -2.32. The molecule has 0 radical (unpaired) electrons. The standard InChI is InChI=1S/C21H33N3O4S/c1-3-5-6-7-13-22-20(25)18-11-9-14-24(16-18)21(26)17-10-8-12-19(15-17)29(27,28)23-4-2/h8,10,12,15,18,23H,3-7,9,11,13-14,16H2,1-2H3,(H,22,25). The predicted molar refractivity (Wildman–Crippen MR) is 113 cm³/mol. The summed E-state index contributed by atoms with van der Waals surface area (Å²) in [5, 5.41) is 2.99. The second-order valence-electron chi connectivity index (χ2n) is 7.47. The summed E-state index contributed by atoms with van der Waals surface area (Å²) in [7, 11) is -3.62. The van der Waals surface area contributed by atoms with Crippen molar-refractivity contribution >= 4 is 21.8 Å². The quantitative estimate of drug-likeness (QED) is 0.565. The third kappa shape index (κ3) is 6.82. The van der Waals surface area contributed by atoms with E-state index < -0.39 is 10.0 Å². The molecule has 1 heterocycles. The van der Waals surface area contributed by atoms with Crippen LogP contribution >= 0.6 is 0 Å². The Hall–Kier alpha value is -1.93. The number of hydrogen-bond donors (Lipinski definition) is 2. The molecule has 8 heteroatoms. The minimum atomic E-state index is -3.62. The van der Waals surface area contributed by atoms with Crippen LogP contribution in [0.3, 0.4) is 0 Å². The van der Waals surface area contributed by atoms with Gasteiger partial charge in [0.2, 0.25) is 15.9 Å². The van der Waals surface area contributed by atoms with Gasteiger partial charge in [0.05, 0.1) is 10.8 Å². The maximum absolute atomic E-state index is 12.9. The zero-order chi connectivity index (χ0) is 21.3. The number of benzene rings is 1. The highest BCUT2D eigenvalue weighted by Gasteiger charge is 2.29. The first-order valence-electron chi connectivity index (χ1n) is 10.6. The summed E-state index contributed by atoms with van der Waals surface area (Å²) < 4.78 is 26.8. The highest BCUT2D eigenvalue weighted by Crippen LogP contribution is 2.20. The van der Waals surface area contributed by atoms with Gasteiger partial charge in [0.15, 0.2) is 0 Å². The van der Waals surface area contributed by atoms with Crippen LogP contribution in [0.2, 0.25) is 0 Å². The molecule has 2 amide bonds. The molecule has 7 nitrogen and oxygen atoms in total. The van der Waals surface area contributed by atoms with Gasteiger partial charge in [-0.1, -0.05) is 39.2 Å². The summed E-state index contributed by atoms with van der Waals surface area (Å²) >= 11 is 0. The van der Waals surface area contributed by atoms with Crippen LogP contribution in [0.5, 0.6) is 0 Å². The van der Waals surface area contributed by atoms with Crippen LogP contribution in [0.1, 0.15) is 62.7 Å². The average molecular weight is 424 g/mol. The van der Waals surface area contributed by atoms with E-state index in [9.17, 15) is 18.0 Å². The Bertz CT molecular complexity index is 795. The molecule has 0 aliphatic carbocycles. The number of carbonyl (C=O) groups is 2. The summed E-state index contributed by atoms with van der Waals surface area (Å²) in [5.41, 5.74) is 0.324. The van der Waals surface area contributed by atoms with Crippen LogP contribution in [0, 0.1) is 5.92 Å². The summed E-state index contributed by atoms with van der Waals surface area (Å²) in [4.78, 5) is 27.1. The van der Waals surface area contributed by atoms with E-state index >= 15 is 0 Å². The molecule has 0 spiro atoms. The minimum Gasteiger partial charge on any atom is -0.356 e. The minimum absolute atomic E-state index is 0.00229. The number of likely N-dealkylation sites (tertiary alicyclic amines) is 1. The van der Waals surface area contributed by atoms with E-state index in [2.05, 4.69) is 17.0 Å². The van der Waals surface area contributed by atoms with E-state index in [4.69, 9.17) is 0 Å². The first kappa shape index (κ1) is 23.3. The zero-order valence-corrected chi connectivity index (χ0v) is 18.3. The van der Waals surface area contributed by atoms with Gasteiger partial charge in [0, 0.05) is 31.7 Å². The topological polar surface area (TPSA) is 95.6 Å². The third-order valence-corrected chi connectivity index (χ3v) is 6.68. The van der Waals surface area contributed by atoms with Crippen LogP contribution in [0.25, 0.3) is 0 Å². The molecular weight excluding hydrogens is 390 g/mol. The number of piperidine rings is 1. The Morgan fingerprint density at radius 2 is 1.97 bits per heavy atom. The van der Waals surface area contributed by atoms with E-state index in [1.807, 2.05) is 0 Å². The maximum Gasteiger partial charge on any atom is 0.253 e. The van der Waals surface area contributed by atoms with Gasteiger partial charge in [0.1, 0.15) is 0 Å². The van der Waals surface area contributed by atoms with Crippen molar-refractivity contribution in [2.45, 2.75) is 57.3 Å². The number of nitrogens with one attached hydrogen (secondary N) is 2. The summed E-state index contributed by atoms with van der Waals surface area (Å²) in [6, 6.07) is 6.06. The normalized spacial score (nSPS) is 17.2. The van der Waals surface area contributed by atoms with Crippen molar-refractivity contribution in [1.82, 2.24) is 14.9 Å². The first-order chi connectivity index (χ1) is 13.9. The molecule has 1 saturated heterocycles. The largest absolute Gasteiger partial charge is 0.356 e. The average Bonchev–Trinajstić information content (AvgIpc) is 2.73. The second kappa shape index (κ2) is 11.3. The Kier molecular flexibility index (Phi) is 9.10. The number of nitrogens with zero attached hydrogens (tertiary/aromatic N) is 1. The van der Waals surface area contributed by atoms with Gasteiger partial charge in [-0.05, 0) is 37.5 Å². The van der Waals surface area contributed by atoms with Crippen LogP contribution < -0.4 is 10.0 Å². The van der Waals surface area contributed by atoms with E-state index in [0.717, 1.165) is 32.1 Å². The molecule has 1 atom stereocenters. The molecule has 0 aromatic heterocycles. The van der Waals surface area contributed by atoms with Crippen LogP contribution in [-0.4, -0.2) is 51.3 Å². The lowest BCUT2D eigenvalue weighted by atomic mass is 9.96. The second-order valence-corrected chi connectivity index (χ2v) is 9.24. The smallest absolute Gasteiger partial charge is 0.253 e. The Morgan fingerprint density at radius 3 is 2.69 bits per heavy atom. The number of hydrogen-bond acceptors (Lipinski definition) is 4. The van der Waals surface area contributed by atoms with Crippen molar-refractivity contribution in [3.63, 3.8) is 0 Å². The van der Waals surface area contributed by atoms with E-state index in [0.29, 0.717) is 25.2 Å². The van der Waals surface area contributed by atoms with Gasteiger partial charge in [-0.3, -0.25) is 9.59 Å². The molecule has 2 N–H and O–H groups in total. The molecule has 1 aromatic carbocycles. The lowest BCUT2D eigenvalue weighted by Crippen LogP contribution is -2.45. The first-order valence-corrected chi connectivity index (χ1v) is 12.0. The van der Waals surface area contributed by atoms with E-state index in [1.54, 1.807) is 24.0 Å². The highest BCUT2D eigenvalue weighted by molar-refractivity contribution is 7.89. The number of carbonyl (C=O) groups excluding carboxylic acids is 2. The third-order valence-electron chi connectivity index (χ3n) is 5.13. The van der Waals surface area contributed by atoms with Gasteiger partial charge < -0.3 is 10.2 Å².